The molecule has 4 heteroatoms. The highest BCUT2D eigenvalue weighted by molar-refractivity contribution is 7.10. The van der Waals surface area contributed by atoms with Gasteiger partial charge < -0.3 is 10.1 Å². The zero-order valence-electron chi connectivity index (χ0n) is 11.4. The molecule has 1 unspecified atom stereocenters. The lowest BCUT2D eigenvalue weighted by Crippen LogP contribution is -2.22. The van der Waals surface area contributed by atoms with Crippen molar-refractivity contribution in [2.75, 3.05) is 13.7 Å². The molecule has 1 aromatic heterocycles. The molecular weight excluding hydrogens is 261 g/mol. The van der Waals surface area contributed by atoms with E-state index in [0.717, 1.165) is 22.7 Å². The third-order valence-electron chi connectivity index (χ3n) is 2.99. The fraction of sp³-hybridized carbons (Fsp3) is 0.333. The molecule has 1 N–H and O–H groups in total. The predicted molar refractivity (Wildman–Crippen MR) is 77.5 cm³/mol. The highest BCUT2D eigenvalue weighted by Crippen LogP contribution is 2.32. The maximum Gasteiger partial charge on any atom is 0.129 e. The van der Waals surface area contributed by atoms with E-state index in [0.29, 0.717) is 5.56 Å². The first-order valence-corrected chi connectivity index (χ1v) is 7.15. The van der Waals surface area contributed by atoms with Crippen LogP contribution in [-0.2, 0) is 0 Å². The van der Waals surface area contributed by atoms with E-state index in [4.69, 9.17) is 4.74 Å². The van der Waals surface area contributed by atoms with E-state index in [1.54, 1.807) is 24.5 Å². The third kappa shape index (κ3) is 3.14. The van der Waals surface area contributed by atoms with Crippen LogP contribution in [0.3, 0.4) is 0 Å². The van der Waals surface area contributed by atoms with Crippen LogP contribution in [0.1, 0.15) is 29.0 Å². The number of aryl methyl sites for hydroxylation is 1. The molecular formula is C15H18FNOS. The molecule has 1 atom stereocenters. The quantitative estimate of drug-likeness (QED) is 0.896. The van der Waals surface area contributed by atoms with Crippen LogP contribution >= 0.6 is 11.3 Å². The summed E-state index contributed by atoms with van der Waals surface area (Å²) in [7, 11) is 1.64. The zero-order valence-corrected chi connectivity index (χ0v) is 12.2. The Morgan fingerprint density at radius 3 is 2.79 bits per heavy atom. The number of nitrogens with one attached hydrogen (secondary N) is 1. The summed E-state index contributed by atoms with van der Waals surface area (Å²) >= 11 is 1.58. The molecule has 1 heterocycles. The van der Waals surface area contributed by atoms with Gasteiger partial charge in [-0.1, -0.05) is 24.6 Å². The Balaban J connectivity index is 2.41. The first kappa shape index (κ1) is 14.0. The van der Waals surface area contributed by atoms with Crippen molar-refractivity contribution in [1.29, 1.82) is 0 Å². The van der Waals surface area contributed by atoms with E-state index in [1.807, 2.05) is 31.4 Å². The first-order chi connectivity index (χ1) is 9.15. The molecule has 0 saturated heterocycles. The highest BCUT2D eigenvalue weighted by Gasteiger charge is 2.19. The number of methoxy groups -OCH3 is 1. The maximum absolute atomic E-state index is 14.1. The predicted octanol–water partition coefficient (Wildman–Crippen LogP) is 3.90. The largest absolute Gasteiger partial charge is 0.496 e. The fourth-order valence-corrected chi connectivity index (χ4v) is 2.99. The van der Waals surface area contributed by atoms with Gasteiger partial charge in [0.25, 0.3) is 0 Å². The van der Waals surface area contributed by atoms with Gasteiger partial charge in [-0.05, 0) is 25.6 Å². The highest BCUT2D eigenvalue weighted by atomic mass is 32.1. The minimum Gasteiger partial charge on any atom is -0.496 e. The van der Waals surface area contributed by atoms with E-state index in [-0.39, 0.29) is 11.9 Å². The molecule has 102 valence electrons. The summed E-state index contributed by atoms with van der Waals surface area (Å²) in [4.78, 5) is 1.06. The summed E-state index contributed by atoms with van der Waals surface area (Å²) in [5, 5.41) is 5.27. The maximum atomic E-state index is 14.1. The summed E-state index contributed by atoms with van der Waals surface area (Å²) < 4.78 is 19.3. The molecule has 1 aromatic carbocycles. The van der Waals surface area contributed by atoms with Crippen LogP contribution in [0.5, 0.6) is 5.75 Å². The van der Waals surface area contributed by atoms with Crippen LogP contribution in [0.4, 0.5) is 4.39 Å². The van der Waals surface area contributed by atoms with Crippen molar-refractivity contribution in [3.8, 4) is 5.75 Å². The SMILES string of the molecule is CCNC(c1cc(OC)cs1)c1cc(C)ccc1F. The van der Waals surface area contributed by atoms with E-state index in [1.165, 1.54) is 6.07 Å². The smallest absolute Gasteiger partial charge is 0.129 e. The molecule has 2 rings (SSSR count). The Morgan fingerprint density at radius 1 is 1.37 bits per heavy atom. The minimum absolute atomic E-state index is 0.126. The van der Waals surface area contributed by atoms with Crippen molar-refractivity contribution in [3.05, 3.63) is 51.5 Å². The number of hydrogen-bond donors (Lipinski definition) is 1. The van der Waals surface area contributed by atoms with Crippen molar-refractivity contribution in [2.24, 2.45) is 0 Å². The van der Waals surface area contributed by atoms with Gasteiger partial charge in [0.2, 0.25) is 0 Å². The second-order valence-corrected chi connectivity index (χ2v) is 5.35. The molecule has 2 nitrogen and oxygen atoms in total. The molecule has 0 fully saturated rings. The first-order valence-electron chi connectivity index (χ1n) is 6.27. The van der Waals surface area contributed by atoms with Crippen molar-refractivity contribution in [3.63, 3.8) is 0 Å². The molecule has 0 aliphatic carbocycles. The third-order valence-corrected chi connectivity index (χ3v) is 3.96. The summed E-state index contributed by atoms with van der Waals surface area (Å²) in [6.45, 7) is 4.77. The lowest BCUT2D eigenvalue weighted by Gasteiger charge is -2.18. The molecule has 2 aromatic rings. The molecule has 0 spiro atoms. The van der Waals surface area contributed by atoms with Crippen molar-refractivity contribution >= 4 is 11.3 Å². The van der Waals surface area contributed by atoms with E-state index in [9.17, 15) is 4.39 Å². The van der Waals surface area contributed by atoms with Crippen LogP contribution in [0.25, 0.3) is 0 Å². The normalized spacial score (nSPS) is 12.4. The van der Waals surface area contributed by atoms with Crippen LogP contribution in [0.15, 0.2) is 29.6 Å². The average Bonchev–Trinajstić information content (AvgIpc) is 2.88. The number of thiophene rings is 1. The van der Waals surface area contributed by atoms with Crippen LogP contribution in [0, 0.1) is 12.7 Å². The van der Waals surface area contributed by atoms with E-state index in [2.05, 4.69) is 5.32 Å². The molecule has 0 radical (unpaired) electrons. The standard InChI is InChI=1S/C15H18FNOS/c1-4-17-15(14-8-11(18-3)9-19-14)12-7-10(2)5-6-13(12)16/h5-9,15,17H,4H2,1-3H3. The fourth-order valence-electron chi connectivity index (χ4n) is 2.05. The number of rotatable bonds is 5. The Bertz CT molecular complexity index is 553. The Kier molecular flexibility index (Phi) is 4.56. The van der Waals surface area contributed by atoms with E-state index >= 15 is 0 Å². The van der Waals surface area contributed by atoms with Crippen molar-refractivity contribution < 1.29 is 9.13 Å². The van der Waals surface area contributed by atoms with E-state index < -0.39 is 0 Å². The summed E-state index contributed by atoms with van der Waals surface area (Å²) in [5.74, 6) is 0.639. The van der Waals surface area contributed by atoms with Gasteiger partial charge in [0.15, 0.2) is 0 Å². The second-order valence-electron chi connectivity index (χ2n) is 4.40. The average molecular weight is 279 g/mol. The minimum atomic E-state index is -0.177. The van der Waals surface area contributed by atoms with Gasteiger partial charge in [-0.3, -0.25) is 0 Å². The monoisotopic (exact) mass is 279 g/mol. The molecule has 0 bridgehead atoms. The van der Waals surface area contributed by atoms with Gasteiger partial charge in [0.1, 0.15) is 11.6 Å². The molecule has 19 heavy (non-hydrogen) atoms. The number of halogens is 1. The number of benzene rings is 1. The molecule has 0 saturated carbocycles. The lowest BCUT2D eigenvalue weighted by atomic mass is 10.0. The number of ether oxygens (including phenoxy) is 1. The van der Waals surface area contributed by atoms with Crippen LogP contribution in [0.2, 0.25) is 0 Å². The van der Waals surface area contributed by atoms with Gasteiger partial charge in [-0.2, -0.15) is 0 Å². The van der Waals surface area contributed by atoms with Gasteiger partial charge in [0.05, 0.1) is 13.2 Å². The summed E-state index contributed by atoms with van der Waals surface area (Å²) in [6, 6.07) is 7.05. The van der Waals surface area contributed by atoms with Crippen molar-refractivity contribution in [1.82, 2.24) is 5.32 Å². The Labute approximate surface area is 117 Å². The summed E-state index contributed by atoms with van der Waals surface area (Å²) in [6.07, 6.45) is 0. The lowest BCUT2D eigenvalue weighted by molar-refractivity contribution is 0.416. The van der Waals surface area contributed by atoms with Crippen LogP contribution < -0.4 is 10.1 Å². The second kappa shape index (κ2) is 6.17. The zero-order chi connectivity index (χ0) is 13.8. The summed E-state index contributed by atoms with van der Waals surface area (Å²) in [5.41, 5.74) is 1.74. The van der Waals surface area contributed by atoms with Gasteiger partial charge in [0, 0.05) is 15.8 Å². The van der Waals surface area contributed by atoms with Gasteiger partial charge in [-0.25, -0.2) is 4.39 Å². The van der Waals surface area contributed by atoms with Crippen LogP contribution in [-0.4, -0.2) is 13.7 Å². The van der Waals surface area contributed by atoms with Gasteiger partial charge >= 0.3 is 0 Å². The topological polar surface area (TPSA) is 21.3 Å². The van der Waals surface area contributed by atoms with Crippen molar-refractivity contribution in [2.45, 2.75) is 19.9 Å². The van der Waals surface area contributed by atoms with Gasteiger partial charge in [-0.15, -0.1) is 11.3 Å². The number of hydrogen-bond acceptors (Lipinski definition) is 3. The molecule has 0 aliphatic heterocycles. The molecule has 0 amide bonds. The Morgan fingerprint density at radius 2 is 2.16 bits per heavy atom. The molecule has 0 aliphatic rings. The Hall–Kier alpha value is -1.39.